The monoisotopic (exact) mass is 225 g/mol. The Balaban J connectivity index is 2.07. The Morgan fingerprint density at radius 2 is 2.19 bits per heavy atom. The van der Waals surface area contributed by atoms with E-state index in [1.54, 1.807) is 13.2 Å². The second kappa shape index (κ2) is 4.39. The van der Waals surface area contributed by atoms with Crippen molar-refractivity contribution in [1.29, 1.82) is 0 Å². The molecule has 0 aromatic heterocycles. The summed E-state index contributed by atoms with van der Waals surface area (Å²) in [6, 6.07) is 4.53. The molecule has 0 aliphatic heterocycles. The molecule has 0 radical (unpaired) electrons. The van der Waals surface area contributed by atoms with Gasteiger partial charge in [-0.2, -0.15) is 0 Å². The molecular formula is C12H16FNO2. The van der Waals surface area contributed by atoms with Crippen LogP contribution in [0.1, 0.15) is 12.0 Å². The normalized spacial score (nSPS) is 28.6. The van der Waals surface area contributed by atoms with E-state index in [0.29, 0.717) is 5.75 Å². The van der Waals surface area contributed by atoms with Crippen LogP contribution in [0.5, 0.6) is 5.75 Å². The van der Waals surface area contributed by atoms with Crippen LogP contribution in [0.3, 0.4) is 0 Å². The maximum Gasteiger partial charge on any atom is 0.128 e. The predicted molar refractivity (Wildman–Crippen MR) is 58.9 cm³/mol. The average Bonchev–Trinajstić information content (AvgIpc) is 2.23. The number of rotatable bonds is 3. The first-order chi connectivity index (χ1) is 7.61. The van der Waals surface area contributed by atoms with Gasteiger partial charge in [0.25, 0.3) is 0 Å². The minimum absolute atomic E-state index is 0.0175. The van der Waals surface area contributed by atoms with Crippen LogP contribution < -0.4 is 10.5 Å². The lowest BCUT2D eigenvalue weighted by atomic mass is 9.86. The number of aryl methyl sites for hydroxylation is 1. The molecule has 0 bridgehead atoms. The molecule has 2 rings (SSSR count). The van der Waals surface area contributed by atoms with Crippen LogP contribution in [0, 0.1) is 12.7 Å². The van der Waals surface area contributed by atoms with Gasteiger partial charge in [0.2, 0.25) is 0 Å². The highest BCUT2D eigenvalue weighted by Gasteiger charge is 2.41. The fraction of sp³-hybridized carbons (Fsp3) is 0.500. The molecule has 88 valence electrons. The molecule has 3 nitrogen and oxygen atoms in total. The van der Waals surface area contributed by atoms with Crippen LogP contribution in [-0.2, 0) is 4.74 Å². The zero-order chi connectivity index (χ0) is 11.7. The number of methoxy groups -OCH3 is 1. The minimum Gasteiger partial charge on any atom is -0.487 e. The first kappa shape index (κ1) is 11.4. The molecule has 1 aromatic rings. The Morgan fingerprint density at radius 3 is 2.81 bits per heavy atom. The third kappa shape index (κ3) is 2.03. The molecule has 1 fully saturated rings. The zero-order valence-corrected chi connectivity index (χ0v) is 9.44. The van der Waals surface area contributed by atoms with Crippen molar-refractivity contribution in [3.8, 4) is 5.75 Å². The van der Waals surface area contributed by atoms with Gasteiger partial charge in [-0.05, 0) is 18.6 Å². The number of benzene rings is 1. The number of hydrogen-bond donors (Lipinski definition) is 1. The van der Waals surface area contributed by atoms with E-state index in [4.69, 9.17) is 15.2 Å². The molecule has 3 unspecified atom stereocenters. The van der Waals surface area contributed by atoms with E-state index in [2.05, 4.69) is 0 Å². The van der Waals surface area contributed by atoms with Crippen molar-refractivity contribution in [1.82, 2.24) is 0 Å². The van der Waals surface area contributed by atoms with Gasteiger partial charge in [0.1, 0.15) is 23.8 Å². The molecule has 0 heterocycles. The van der Waals surface area contributed by atoms with Crippen molar-refractivity contribution < 1.29 is 13.9 Å². The van der Waals surface area contributed by atoms with E-state index < -0.39 is 0 Å². The molecule has 3 atom stereocenters. The highest BCUT2D eigenvalue weighted by Crippen LogP contribution is 2.29. The summed E-state index contributed by atoms with van der Waals surface area (Å²) >= 11 is 0. The highest BCUT2D eigenvalue weighted by molar-refractivity contribution is 5.33. The van der Waals surface area contributed by atoms with Gasteiger partial charge in [-0.1, -0.05) is 6.07 Å². The lowest BCUT2D eigenvalue weighted by Gasteiger charge is -2.41. The largest absolute Gasteiger partial charge is 0.487 e. The van der Waals surface area contributed by atoms with Crippen molar-refractivity contribution in [3.05, 3.63) is 29.6 Å². The van der Waals surface area contributed by atoms with Crippen LogP contribution in [0.25, 0.3) is 0 Å². The number of halogens is 1. The average molecular weight is 225 g/mol. The van der Waals surface area contributed by atoms with E-state index in [1.807, 2.05) is 6.92 Å². The Bertz CT molecular complexity index is 383. The van der Waals surface area contributed by atoms with Gasteiger partial charge in [-0.15, -0.1) is 0 Å². The maximum atomic E-state index is 13.0. The maximum absolute atomic E-state index is 13.0. The van der Waals surface area contributed by atoms with E-state index in [1.165, 1.54) is 12.1 Å². The molecule has 1 aliphatic carbocycles. The second-order valence-corrected chi connectivity index (χ2v) is 4.17. The summed E-state index contributed by atoms with van der Waals surface area (Å²) in [5, 5.41) is 0. The molecule has 16 heavy (non-hydrogen) atoms. The SMILES string of the molecule is COC1C(N)CC1Oc1cc(F)ccc1C. The van der Waals surface area contributed by atoms with Gasteiger partial charge >= 0.3 is 0 Å². The minimum atomic E-state index is -0.293. The van der Waals surface area contributed by atoms with Crippen LogP contribution >= 0.6 is 0 Å². The van der Waals surface area contributed by atoms with E-state index in [-0.39, 0.29) is 24.1 Å². The zero-order valence-electron chi connectivity index (χ0n) is 9.44. The van der Waals surface area contributed by atoms with Crippen LogP contribution in [0.15, 0.2) is 18.2 Å². The van der Waals surface area contributed by atoms with Gasteiger partial charge in [0, 0.05) is 25.6 Å². The fourth-order valence-corrected chi connectivity index (χ4v) is 1.92. The lowest BCUT2D eigenvalue weighted by molar-refractivity contribution is -0.0785. The first-order valence-corrected chi connectivity index (χ1v) is 5.33. The van der Waals surface area contributed by atoms with Crippen LogP contribution in [0.2, 0.25) is 0 Å². The lowest BCUT2D eigenvalue weighted by Crippen LogP contribution is -2.59. The van der Waals surface area contributed by atoms with Gasteiger partial charge in [0.15, 0.2) is 0 Å². The Labute approximate surface area is 94.3 Å². The summed E-state index contributed by atoms with van der Waals surface area (Å²) in [7, 11) is 1.61. The summed E-state index contributed by atoms with van der Waals surface area (Å²) in [6.45, 7) is 1.88. The van der Waals surface area contributed by atoms with Gasteiger partial charge in [0.05, 0.1) is 0 Å². The molecule has 4 heteroatoms. The van der Waals surface area contributed by atoms with Gasteiger partial charge < -0.3 is 15.2 Å². The molecule has 0 spiro atoms. The van der Waals surface area contributed by atoms with Crippen molar-refractivity contribution in [3.63, 3.8) is 0 Å². The van der Waals surface area contributed by atoms with Crippen molar-refractivity contribution in [2.45, 2.75) is 31.6 Å². The summed E-state index contributed by atoms with van der Waals surface area (Å²) in [6.07, 6.45) is 0.581. The number of hydrogen-bond acceptors (Lipinski definition) is 3. The molecule has 2 N–H and O–H groups in total. The van der Waals surface area contributed by atoms with Crippen molar-refractivity contribution in [2.75, 3.05) is 7.11 Å². The Morgan fingerprint density at radius 1 is 1.44 bits per heavy atom. The van der Waals surface area contributed by atoms with Crippen molar-refractivity contribution in [2.24, 2.45) is 5.73 Å². The molecule has 1 aliphatic rings. The van der Waals surface area contributed by atoms with Gasteiger partial charge in [-0.3, -0.25) is 0 Å². The summed E-state index contributed by atoms with van der Waals surface area (Å²) in [4.78, 5) is 0. The van der Waals surface area contributed by atoms with E-state index in [9.17, 15) is 4.39 Å². The number of ether oxygens (including phenoxy) is 2. The smallest absolute Gasteiger partial charge is 0.128 e. The number of nitrogens with two attached hydrogens (primary N) is 1. The molecular weight excluding hydrogens is 209 g/mol. The Kier molecular flexibility index (Phi) is 3.12. The fourth-order valence-electron chi connectivity index (χ4n) is 1.92. The first-order valence-electron chi connectivity index (χ1n) is 5.33. The van der Waals surface area contributed by atoms with E-state index in [0.717, 1.165) is 12.0 Å². The molecule has 0 saturated heterocycles. The quantitative estimate of drug-likeness (QED) is 0.850. The topological polar surface area (TPSA) is 44.5 Å². The van der Waals surface area contributed by atoms with Gasteiger partial charge in [-0.25, -0.2) is 4.39 Å². The summed E-state index contributed by atoms with van der Waals surface area (Å²) < 4.78 is 23.9. The summed E-state index contributed by atoms with van der Waals surface area (Å²) in [5.41, 5.74) is 6.68. The standard InChI is InChI=1S/C12H16FNO2/c1-7-3-4-8(13)5-10(7)16-11-6-9(14)12(11)15-2/h3-5,9,11-12H,6,14H2,1-2H3. The summed E-state index contributed by atoms with van der Waals surface area (Å²) in [5.74, 6) is 0.275. The molecule has 1 saturated carbocycles. The predicted octanol–water partition coefficient (Wildman–Crippen LogP) is 1.63. The molecule has 0 amide bonds. The highest BCUT2D eigenvalue weighted by atomic mass is 19.1. The van der Waals surface area contributed by atoms with Crippen molar-refractivity contribution >= 4 is 0 Å². The van der Waals surface area contributed by atoms with Crippen LogP contribution in [-0.4, -0.2) is 25.4 Å². The Hall–Kier alpha value is -1.13. The van der Waals surface area contributed by atoms with E-state index >= 15 is 0 Å². The third-order valence-electron chi connectivity index (χ3n) is 2.99. The third-order valence-corrected chi connectivity index (χ3v) is 2.99. The second-order valence-electron chi connectivity index (χ2n) is 4.17. The van der Waals surface area contributed by atoms with Crippen LogP contribution in [0.4, 0.5) is 4.39 Å². The molecule has 1 aromatic carbocycles.